The molecule has 1 aromatic heterocycles. The fourth-order valence-corrected chi connectivity index (χ4v) is 3.80. The van der Waals surface area contributed by atoms with E-state index >= 15 is 0 Å². The third kappa shape index (κ3) is 5.63. The molecule has 1 aliphatic rings. The number of halogens is 1. The average Bonchev–Trinajstić information content (AvgIpc) is 3.14. The molecule has 3 rings (SSSR count). The molecule has 1 fully saturated rings. The number of nitrogens with one attached hydrogen (secondary N) is 1. The van der Waals surface area contributed by atoms with Crippen molar-refractivity contribution < 1.29 is 9.60 Å². The summed E-state index contributed by atoms with van der Waals surface area (Å²) in [5.41, 5.74) is 5.00. The maximum absolute atomic E-state index is 13.6. The Morgan fingerprint density at radius 2 is 1.86 bits per heavy atom. The summed E-state index contributed by atoms with van der Waals surface area (Å²) in [5.74, 6) is 0.250. The largest absolute Gasteiger partial charge is 0.348 e. The van der Waals surface area contributed by atoms with E-state index in [1.165, 1.54) is 11.1 Å². The Bertz CT molecular complexity index is 809. The standard InChI is InChI=1S/C20H29FN6OS/c1-20(2,3)16-8-6-15(7-9-16)5-4-10-22-19(23-28)27-13-11-26(12-14-27)18-17(21)24-29-25-18/h6-9,28H,4-5,10-14H2,1-3H3,(H,22,23). The number of hydrogen-bond donors (Lipinski definition) is 2. The van der Waals surface area contributed by atoms with E-state index in [9.17, 15) is 9.60 Å². The van der Waals surface area contributed by atoms with Gasteiger partial charge in [-0.05, 0) is 29.4 Å². The first-order valence-corrected chi connectivity index (χ1v) is 10.6. The molecule has 9 heteroatoms. The van der Waals surface area contributed by atoms with Crippen molar-refractivity contribution in [3.05, 3.63) is 41.3 Å². The summed E-state index contributed by atoms with van der Waals surface area (Å²) < 4.78 is 21.2. The third-order valence-electron chi connectivity index (χ3n) is 5.12. The van der Waals surface area contributed by atoms with E-state index < -0.39 is 5.95 Å². The molecule has 0 spiro atoms. The van der Waals surface area contributed by atoms with Crippen LogP contribution in [0.3, 0.4) is 0 Å². The molecule has 1 saturated heterocycles. The lowest BCUT2D eigenvalue weighted by Gasteiger charge is -2.35. The molecule has 2 aromatic rings. The van der Waals surface area contributed by atoms with Gasteiger partial charge in [0.15, 0.2) is 5.82 Å². The summed E-state index contributed by atoms with van der Waals surface area (Å²) >= 11 is 0.879. The number of anilines is 1. The fraction of sp³-hybridized carbons (Fsp3) is 0.550. The lowest BCUT2D eigenvalue weighted by atomic mass is 9.86. The average molecular weight is 421 g/mol. The number of nitrogens with zero attached hydrogens (tertiary/aromatic N) is 5. The molecule has 0 radical (unpaired) electrons. The summed E-state index contributed by atoms with van der Waals surface area (Å²) in [6.45, 7) is 9.70. The molecule has 29 heavy (non-hydrogen) atoms. The monoisotopic (exact) mass is 420 g/mol. The number of benzene rings is 1. The molecule has 1 aliphatic heterocycles. The summed E-state index contributed by atoms with van der Waals surface area (Å²) in [7, 11) is 0. The molecule has 2 N–H and O–H groups in total. The zero-order valence-corrected chi connectivity index (χ0v) is 18.0. The first kappa shape index (κ1) is 21.4. The summed E-state index contributed by atoms with van der Waals surface area (Å²) in [6.07, 6.45) is 1.84. The highest BCUT2D eigenvalue weighted by atomic mass is 32.1. The zero-order valence-electron chi connectivity index (χ0n) is 17.2. The van der Waals surface area contributed by atoms with Crippen LogP contribution in [0.5, 0.6) is 0 Å². The lowest BCUT2D eigenvalue weighted by Crippen LogP contribution is -2.52. The molecule has 0 amide bonds. The smallest absolute Gasteiger partial charge is 0.268 e. The first-order chi connectivity index (χ1) is 13.9. The Balaban J connectivity index is 1.46. The quantitative estimate of drug-likeness (QED) is 0.335. The molecule has 0 bridgehead atoms. The summed E-state index contributed by atoms with van der Waals surface area (Å²) in [5, 5.41) is 9.48. The minimum Gasteiger partial charge on any atom is -0.348 e. The zero-order chi connectivity index (χ0) is 20.9. The van der Waals surface area contributed by atoms with Crippen LogP contribution < -0.4 is 10.4 Å². The second kappa shape index (κ2) is 9.49. The number of aliphatic imine (C=N–C) groups is 1. The van der Waals surface area contributed by atoms with Crippen molar-refractivity contribution in [2.45, 2.75) is 39.0 Å². The van der Waals surface area contributed by atoms with Crippen molar-refractivity contribution in [2.24, 2.45) is 4.99 Å². The molecule has 0 aliphatic carbocycles. The molecule has 0 unspecified atom stereocenters. The predicted molar refractivity (Wildman–Crippen MR) is 114 cm³/mol. The van der Waals surface area contributed by atoms with Gasteiger partial charge < -0.3 is 9.80 Å². The highest BCUT2D eigenvalue weighted by molar-refractivity contribution is 6.99. The van der Waals surface area contributed by atoms with Crippen molar-refractivity contribution in [2.75, 3.05) is 37.6 Å². The second-order valence-electron chi connectivity index (χ2n) is 8.22. The SMILES string of the molecule is CC(C)(C)c1ccc(CCCN=C(NO)N2CCN(c3nsnc3F)CC2)cc1. The molecule has 0 atom stereocenters. The van der Waals surface area contributed by atoms with Crippen LogP contribution in [-0.2, 0) is 11.8 Å². The van der Waals surface area contributed by atoms with Crippen molar-refractivity contribution in [1.29, 1.82) is 0 Å². The van der Waals surface area contributed by atoms with Crippen molar-refractivity contribution in [3.8, 4) is 0 Å². The van der Waals surface area contributed by atoms with Gasteiger partial charge in [-0.2, -0.15) is 8.76 Å². The van der Waals surface area contributed by atoms with Crippen molar-refractivity contribution >= 4 is 23.5 Å². The lowest BCUT2D eigenvalue weighted by molar-refractivity contribution is 0.206. The van der Waals surface area contributed by atoms with Crippen molar-refractivity contribution in [3.63, 3.8) is 0 Å². The van der Waals surface area contributed by atoms with Gasteiger partial charge in [0.2, 0.25) is 5.96 Å². The van der Waals surface area contributed by atoms with E-state index in [1.807, 2.05) is 9.80 Å². The fourth-order valence-electron chi connectivity index (χ4n) is 3.34. The van der Waals surface area contributed by atoms with Crippen LogP contribution in [0.15, 0.2) is 29.3 Å². The van der Waals surface area contributed by atoms with Gasteiger partial charge in [0.05, 0.1) is 11.7 Å². The van der Waals surface area contributed by atoms with E-state index in [-0.39, 0.29) is 5.41 Å². The molecule has 1 aromatic carbocycles. The Hall–Kier alpha value is -2.26. The van der Waals surface area contributed by atoms with Crippen LogP contribution in [0, 0.1) is 5.95 Å². The van der Waals surface area contributed by atoms with Crippen LogP contribution in [0.2, 0.25) is 0 Å². The molecular weight excluding hydrogens is 391 g/mol. The van der Waals surface area contributed by atoms with E-state index in [0.29, 0.717) is 44.5 Å². The second-order valence-corrected chi connectivity index (χ2v) is 8.75. The Kier molecular flexibility index (Phi) is 7.02. The maximum atomic E-state index is 13.6. The minimum absolute atomic E-state index is 0.163. The first-order valence-electron chi connectivity index (χ1n) is 9.90. The van der Waals surface area contributed by atoms with Gasteiger partial charge in [-0.1, -0.05) is 45.0 Å². The number of rotatable bonds is 5. The Labute approximate surface area is 175 Å². The molecule has 158 valence electrons. The Morgan fingerprint density at radius 1 is 1.17 bits per heavy atom. The van der Waals surface area contributed by atoms with Crippen LogP contribution in [0.1, 0.15) is 38.3 Å². The van der Waals surface area contributed by atoms with Crippen LogP contribution in [-0.4, -0.2) is 57.5 Å². The topological polar surface area (TPSA) is 76.9 Å². The van der Waals surface area contributed by atoms with Gasteiger partial charge in [0.25, 0.3) is 5.95 Å². The van der Waals surface area contributed by atoms with E-state index in [4.69, 9.17) is 0 Å². The van der Waals surface area contributed by atoms with Gasteiger partial charge in [-0.25, -0.2) is 5.48 Å². The van der Waals surface area contributed by atoms with Gasteiger partial charge in [-0.3, -0.25) is 10.2 Å². The number of hydrogen-bond acceptors (Lipinski definition) is 6. The number of guanidine groups is 1. The molecule has 0 saturated carbocycles. The highest BCUT2D eigenvalue weighted by Crippen LogP contribution is 2.22. The van der Waals surface area contributed by atoms with E-state index in [0.717, 1.165) is 24.6 Å². The maximum Gasteiger partial charge on any atom is 0.268 e. The van der Waals surface area contributed by atoms with Gasteiger partial charge in [0.1, 0.15) is 0 Å². The van der Waals surface area contributed by atoms with Crippen LogP contribution in [0.4, 0.5) is 10.2 Å². The van der Waals surface area contributed by atoms with E-state index in [2.05, 4.69) is 64.3 Å². The number of aromatic nitrogens is 2. The molecular formula is C20H29FN6OS. The highest BCUT2D eigenvalue weighted by Gasteiger charge is 2.23. The Morgan fingerprint density at radius 3 is 2.41 bits per heavy atom. The van der Waals surface area contributed by atoms with Gasteiger partial charge >= 0.3 is 0 Å². The summed E-state index contributed by atoms with van der Waals surface area (Å²) in [4.78, 5) is 8.34. The molecule has 7 nitrogen and oxygen atoms in total. The van der Waals surface area contributed by atoms with Crippen LogP contribution >= 0.6 is 11.7 Å². The third-order valence-corrected chi connectivity index (χ3v) is 5.61. The molecule has 2 heterocycles. The van der Waals surface area contributed by atoms with Gasteiger partial charge in [-0.15, -0.1) is 4.37 Å². The van der Waals surface area contributed by atoms with Crippen molar-refractivity contribution in [1.82, 2.24) is 19.1 Å². The van der Waals surface area contributed by atoms with Crippen LogP contribution in [0.25, 0.3) is 0 Å². The minimum atomic E-state index is -0.520. The van der Waals surface area contributed by atoms with E-state index in [1.54, 1.807) is 0 Å². The number of hydroxylamine groups is 1. The number of piperazine rings is 1. The number of aryl methyl sites for hydroxylation is 1. The predicted octanol–water partition coefficient (Wildman–Crippen LogP) is 3.06. The van der Waals surface area contributed by atoms with Gasteiger partial charge in [0, 0.05) is 32.7 Å². The normalized spacial score (nSPS) is 15.7. The summed E-state index contributed by atoms with van der Waals surface area (Å²) in [6, 6.07) is 8.75.